The summed E-state index contributed by atoms with van der Waals surface area (Å²) in [5.41, 5.74) is 1.01. The lowest BCUT2D eigenvalue weighted by Crippen LogP contribution is -2.22. The van der Waals surface area contributed by atoms with Crippen LogP contribution in [0.2, 0.25) is 0 Å². The van der Waals surface area contributed by atoms with Gasteiger partial charge in [0, 0.05) is 4.47 Å². The first-order valence-corrected chi connectivity index (χ1v) is 4.95. The average molecular weight is 259 g/mol. The molecule has 0 fully saturated rings. The van der Waals surface area contributed by atoms with Gasteiger partial charge in [-0.15, -0.1) is 0 Å². The van der Waals surface area contributed by atoms with E-state index in [4.69, 9.17) is 9.84 Å². The van der Waals surface area contributed by atoms with Gasteiger partial charge in [0.05, 0.1) is 0 Å². The van der Waals surface area contributed by atoms with Crippen LogP contribution in [0.25, 0.3) is 0 Å². The van der Waals surface area contributed by atoms with Crippen LogP contribution >= 0.6 is 15.9 Å². The third-order valence-electron chi connectivity index (χ3n) is 1.79. The predicted molar refractivity (Wildman–Crippen MR) is 56.6 cm³/mol. The van der Waals surface area contributed by atoms with E-state index in [-0.39, 0.29) is 0 Å². The van der Waals surface area contributed by atoms with Crippen molar-refractivity contribution in [1.29, 1.82) is 0 Å². The zero-order valence-electron chi connectivity index (χ0n) is 7.95. The molecule has 76 valence electrons. The van der Waals surface area contributed by atoms with Gasteiger partial charge in [0.25, 0.3) is 0 Å². The Kier molecular flexibility index (Phi) is 3.52. The van der Waals surface area contributed by atoms with E-state index in [9.17, 15) is 4.79 Å². The van der Waals surface area contributed by atoms with Crippen molar-refractivity contribution < 1.29 is 14.6 Å². The van der Waals surface area contributed by atoms with Crippen molar-refractivity contribution in [3.63, 3.8) is 0 Å². The highest BCUT2D eigenvalue weighted by Gasteiger charge is 2.12. The van der Waals surface area contributed by atoms with Crippen molar-refractivity contribution in [3.05, 3.63) is 28.2 Å². The highest BCUT2D eigenvalue weighted by atomic mass is 79.9. The van der Waals surface area contributed by atoms with Gasteiger partial charge < -0.3 is 9.84 Å². The summed E-state index contributed by atoms with van der Waals surface area (Å²) in [7, 11) is 0. The minimum Gasteiger partial charge on any atom is -0.479 e. The smallest absolute Gasteiger partial charge is 0.344 e. The highest BCUT2D eigenvalue weighted by molar-refractivity contribution is 9.10. The van der Waals surface area contributed by atoms with Gasteiger partial charge in [-0.1, -0.05) is 15.9 Å². The van der Waals surface area contributed by atoms with Gasteiger partial charge in [-0.3, -0.25) is 0 Å². The number of carboxylic acid groups (broad SMARTS) is 1. The number of halogens is 1. The summed E-state index contributed by atoms with van der Waals surface area (Å²) in [5.74, 6) is -0.397. The first-order valence-electron chi connectivity index (χ1n) is 4.16. The number of rotatable bonds is 3. The summed E-state index contributed by atoms with van der Waals surface area (Å²) in [4.78, 5) is 10.5. The fourth-order valence-electron chi connectivity index (χ4n) is 0.945. The minimum atomic E-state index is -0.967. The van der Waals surface area contributed by atoms with Gasteiger partial charge in [-0.05, 0) is 37.6 Å². The van der Waals surface area contributed by atoms with Crippen LogP contribution in [0.1, 0.15) is 12.5 Å². The number of ether oxygens (including phenoxy) is 1. The van der Waals surface area contributed by atoms with Gasteiger partial charge in [0.15, 0.2) is 6.10 Å². The van der Waals surface area contributed by atoms with Crippen molar-refractivity contribution in [3.8, 4) is 5.75 Å². The Hall–Kier alpha value is -1.03. The molecule has 1 aromatic carbocycles. The molecule has 0 bridgehead atoms. The van der Waals surface area contributed by atoms with Crippen molar-refractivity contribution in [2.45, 2.75) is 20.0 Å². The average Bonchev–Trinajstić information content (AvgIpc) is 2.11. The molecule has 0 aromatic heterocycles. The summed E-state index contributed by atoms with van der Waals surface area (Å²) >= 11 is 3.35. The number of aliphatic carboxylic acids is 1. The number of carbonyl (C=O) groups is 1. The second kappa shape index (κ2) is 4.46. The van der Waals surface area contributed by atoms with E-state index in [2.05, 4.69) is 15.9 Å². The molecule has 4 heteroatoms. The van der Waals surface area contributed by atoms with E-state index < -0.39 is 12.1 Å². The van der Waals surface area contributed by atoms with E-state index >= 15 is 0 Å². The topological polar surface area (TPSA) is 46.5 Å². The minimum absolute atomic E-state index is 0.570. The van der Waals surface area contributed by atoms with Crippen LogP contribution in [0.3, 0.4) is 0 Å². The molecule has 1 N–H and O–H groups in total. The summed E-state index contributed by atoms with van der Waals surface area (Å²) in [6.07, 6.45) is -0.824. The van der Waals surface area contributed by atoms with Gasteiger partial charge in [-0.25, -0.2) is 4.79 Å². The number of hydrogen-bond acceptors (Lipinski definition) is 2. The lowest BCUT2D eigenvalue weighted by atomic mass is 10.2. The molecule has 0 saturated heterocycles. The highest BCUT2D eigenvalue weighted by Crippen LogP contribution is 2.22. The first kappa shape index (κ1) is 11.0. The van der Waals surface area contributed by atoms with Crippen LogP contribution in [-0.4, -0.2) is 17.2 Å². The molecule has 1 rings (SSSR count). The quantitative estimate of drug-likeness (QED) is 0.907. The van der Waals surface area contributed by atoms with Gasteiger partial charge in [0.2, 0.25) is 0 Å². The molecule has 3 nitrogen and oxygen atoms in total. The molecule has 14 heavy (non-hydrogen) atoms. The Morgan fingerprint density at radius 2 is 2.21 bits per heavy atom. The lowest BCUT2D eigenvalue weighted by Gasteiger charge is -2.11. The van der Waals surface area contributed by atoms with Crippen molar-refractivity contribution in [2.75, 3.05) is 0 Å². The van der Waals surface area contributed by atoms with Crippen LogP contribution in [0, 0.1) is 6.92 Å². The van der Waals surface area contributed by atoms with Crippen LogP contribution in [-0.2, 0) is 4.79 Å². The van der Waals surface area contributed by atoms with Crippen LogP contribution in [0.15, 0.2) is 22.7 Å². The zero-order chi connectivity index (χ0) is 10.7. The maximum absolute atomic E-state index is 10.5. The van der Waals surface area contributed by atoms with Crippen LogP contribution in [0.4, 0.5) is 0 Å². The van der Waals surface area contributed by atoms with Gasteiger partial charge in [-0.2, -0.15) is 0 Å². The fourth-order valence-corrected chi connectivity index (χ4v) is 1.19. The van der Waals surface area contributed by atoms with Crippen molar-refractivity contribution in [1.82, 2.24) is 0 Å². The number of aryl methyl sites for hydroxylation is 1. The first-order chi connectivity index (χ1) is 6.50. The van der Waals surface area contributed by atoms with Crippen molar-refractivity contribution >= 4 is 21.9 Å². The zero-order valence-corrected chi connectivity index (χ0v) is 9.54. The molecule has 0 aliphatic carbocycles. The van der Waals surface area contributed by atoms with E-state index in [1.165, 1.54) is 6.92 Å². The van der Waals surface area contributed by atoms with Crippen LogP contribution < -0.4 is 4.74 Å². The van der Waals surface area contributed by atoms with Crippen molar-refractivity contribution in [2.24, 2.45) is 0 Å². The Morgan fingerprint density at radius 3 is 2.71 bits per heavy atom. The summed E-state index contributed by atoms with van der Waals surface area (Å²) < 4.78 is 6.17. The fraction of sp³-hybridized carbons (Fsp3) is 0.300. The van der Waals surface area contributed by atoms with E-state index in [1.54, 1.807) is 12.1 Å². The van der Waals surface area contributed by atoms with E-state index in [0.29, 0.717) is 5.75 Å². The Morgan fingerprint density at radius 1 is 1.57 bits per heavy atom. The molecule has 0 radical (unpaired) electrons. The maximum Gasteiger partial charge on any atom is 0.344 e. The molecular weight excluding hydrogens is 248 g/mol. The summed E-state index contributed by atoms with van der Waals surface area (Å²) in [6, 6.07) is 5.36. The summed E-state index contributed by atoms with van der Waals surface area (Å²) in [5, 5.41) is 8.63. The van der Waals surface area contributed by atoms with Gasteiger partial charge in [0.1, 0.15) is 5.75 Å². The molecule has 0 aliphatic rings. The third-order valence-corrected chi connectivity index (χ3v) is 2.68. The Bertz CT molecular complexity index is 349. The molecule has 0 amide bonds. The van der Waals surface area contributed by atoms with Crippen LogP contribution in [0.5, 0.6) is 5.75 Å². The van der Waals surface area contributed by atoms with Gasteiger partial charge >= 0.3 is 5.97 Å². The number of carboxylic acids is 1. The molecule has 0 heterocycles. The predicted octanol–water partition coefficient (Wildman–Crippen LogP) is 2.61. The molecule has 1 atom stereocenters. The molecule has 0 spiro atoms. The molecule has 0 saturated carbocycles. The lowest BCUT2D eigenvalue weighted by molar-refractivity contribution is -0.144. The van der Waals surface area contributed by atoms with E-state index in [0.717, 1.165) is 10.0 Å². The monoisotopic (exact) mass is 258 g/mol. The molecular formula is C10H11BrO3. The largest absolute Gasteiger partial charge is 0.479 e. The molecule has 0 unspecified atom stereocenters. The third kappa shape index (κ3) is 2.73. The number of hydrogen-bond donors (Lipinski definition) is 1. The maximum atomic E-state index is 10.5. The number of benzene rings is 1. The normalized spacial score (nSPS) is 12.2. The summed E-state index contributed by atoms with van der Waals surface area (Å²) in [6.45, 7) is 3.42. The Labute approximate surface area is 90.8 Å². The standard InChI is InChI=1S/C10H11BrO3/c1-6-5-8(3-4-9(6)11)14-7(2)10(12)13/h3-5,7H,1-2H3,(H,12,13)/t7-/m0/s1. The second-order valence-corrected chi connectivity index (χ2v) is 3.86. The SMILES string of the molecule is Cc1cc(O[C@@H](C)C(=O)O)ccc1Br. The van der Waals surface area contributed by atoms with E-state index in [1.807, 2.05) is 13.0 Å². The second-order valence-electron chi connectivity index (χ2n) is 3.01. The molecule has 1 aromatic rings. The molecule has 0 aliphatic heterocycles. The Balaban J connectivity index is 2.78.